The molecule has 0 bridgehead atoms. The Morgan fingerprint density at radius 2 is 2.43 bits per heavy atom. The molecule has 2 rings (SSSR count). The SMILES string of the molecule is Cc1cc(C2(C(N)C(=O)O)CC2)n[nH]1. The standard InChI is InChI=1S/C9H13N3O2/c1-5-4-6(12-11-5)9(2-3-9)7(10)8(13)14/h4,7H,2-3,10H2,1H3,(H,11,12)(H,13,14). The molecule has 0 aromatic carbocycles. The molecule has 4 N–H and O–H groups in total. The highest BCUT2D eigenvalue weighted by Crippen LogP contribution is 2.49. The van der Waals surface area contributed by atoms with Gasteiger partial charge in [-0.25, -0.2) is 0 Å². The summed E-state index contributed by atoms with van der Waals surface area (Å²) in [7, 11) is 0. The van der Waals surface area contributed by atoms with Crippen LogP contribution in [-0.4, -0.2) is 27.3 Å². The van der Waals surface area contributed by atoms with E-state index in [1.165, 1.54) is 0 Å². The van der Waals surface area contributed by atoms with Gasteiger partial charge in [0.05, 0.1) is 5.69 Å². The molecular formula is C9H13N3O2. The molecule has 0 radical (unpaired) electrons. The highest BCUT2D eigenvalue weighted by Gasteiger charge is 2.54. The van der Waals surface area contributed by atoms with Crippen LogP contribution < -0.4 is 5.73 Å². The molecule has 0 amide bonds. The van der Waals surface area contributed by atoms with Gasteiger partial charge in [0.2, 0.25) is 0 Å². The molecule has 1 aliphatic carbocycles. The fourth-order valence-electron chi connectivity index (χ4n) is 1.77. The number of H-pyrrole nitrogens is 1. The van der Waals surface area contributed by atoms with Crippen molar-refractivity contribution in [3.05, 3.63) is 17.5 Å². The van der Waals surface area contributed by atoms with Crippen molar-refractivity contribution in [1.29, 1.82) is 0 Å². The molecule has 0 aliphatic heterocycles. The number of aryl methyl sites for hydroxylation is 1. The fourth-order valence-corrected chi connectivity index (χ4v) is 1.77. The first-order valence-corrected chi connectivity index (χ1v) is 4.57. The quantitative estimate of drug-likeness (QED) is 0.640. The molecule has 1 heterocycles. The number of nitrogens with zero attached hydrogens (tertiary/aromatic N) is 1. The van der Waals surface area contributed by atoms with Gasteiger partial charge in [-0.3, -0.25) is 9.89 Å². The number of nitrogens with one attached hydrogen (secondary N) is 1. The lowest BCUT2D eigenvalue weighted by atomic mass is 9.93. The monoisotopic (exact) mass is 195 g/mol. The zero-order valence-electron chi connectivity index (χ0n) is 7.95. The van der Waals surface area contributed by atoms with E-state index < -0.39 is 17.4 Å². The maximum absolute atomic E-state index is 10.8. The minimum atomic E-state index is -0.955. The second-order valence-electron chi connectivity index (χ2n) is 3.91. The van der Waals surface area contributed by atoms with Gasteiger partial charge in [0, 0.05) is 11.1 Å². The van der Waals surface area contributed by atoms with Crippen molar-refractivity contribution in [1.82, 2.24) is 10.2 Å². The largest absolute Gasteiger partial charge is 0.480 e. The van der Waals surface area contributed by atoms with Crippen LogP contribution >= 0.6 is 0 Å². The molecule has 1 fully saturated rings. The van der Waals surface area contributed by atoms with Crippen LogP contribution in [0, 0.1) is 6.92 Å². The smallest absolute Gasteiger partial charge is 0.321 e. The molecule has 5 nitrogen and oxygen atoms in total. The van der Waals surface area contributed by atoms with Crippen LogP contribution in [0.2, 0.25) is 0 Å². The highest BCUT2D eigenvalue weighted by molar-refractivity contribution is 5.76. The van der Waals surface area contributed by atoms with Gasteiger partial charge in [0.25, 0.3) is 0 Å². The third-order valence-electron chi connectivity index (χ3n) is 2.87. The van der Waals surface area contributed by atoms with Crippen molar-refractivity contribution in [3.63, 3.8) is 0 Å². The summed E-state index contributed by atoms with van der Waals surface area (Å²) >= 11 is 0. The van der Waals surface area contributed by atoms with E-state index in [9.17, 15) is 4.79 Å². The topological polar surface area (TPSA) is 92.0 Å². The Labute approximate surface area is 81.3 Å². The van der Waals surface area contributed by atoms with E-state index in [1.807, 2.05) is 13.0 Å². The maximum atomic E-state index is 10.8. The van der Waals surface area contributed by atoms with Crippen LogP contribution in [0.4, 0.5) is 0 Å². The van der Waals surface area contributed by atoms with E-state index in [-0.39, 0.29) is 0 Å². The first-order chi connectivity index (χ1) is 6.56. The number of aromatic amines is 1. The van der Waals surface area contributed by atoms with Gasteiger partial charge in [-0.1, -0.05) is 0 Å². The summed E-state index contributed by atoms with van der Waals surface area (Å²) in [5.41, 5.74) is 6.94. The number of nitrogens with two attached hydrogens (primary N) is 1. The summed E-state index contributed by atoms with van der Waals surface area (Å²) in [4.78, 5) is 10.8. The predicted molar refractivity (Wildman–Crippen MR) is 49.8 cm³/mol. The minimum absolute atomic E-state index is 0.420. The van der Waals surface area contributed by atoms with E-state index in [2.05, 4.69) is 10.2 Å². The molecule has 1 unspecified atom stereocenters. The van der Waals surface area contributed by atoms with E-state index in [4.69, 9.17) is 10.8 Å². The second-order valence-corrected chi connectivity index (χ2v) is 3.91. The number of aromatic nitrogens is 2. The number of carboxylic acid groups (broad SMARTS) is 1. The fraction of sp³-hybridized carbons (Fsp3) is 0.556. The van der Waals surface area contributed by atoms with E-state index >= 15 is 0 Å². The summed E-state index contributed by atoms with van der Waals surface area (Å²) < 4.78 is 0. The van der Waals surface area contributed by atoms with Crippen LogP contribution in [0.5, 0.6) is 0 Å². The van der Waals surface area contributed by atoms with Gasteiger partial charge in [-0.2, -0.15) is 5.10 Å². The molecule has 1 aromatic heterocycles. The molecule has 0 spiro atoms. The molecule has 0 saturated heterocycles. The molecule has 1 aliphatic rings. The van der Waals surface area contributed by atoms with Crippen LogP contribution in [0.1, 0.15) is 24.2 Å². The minimum Gasteiger partial charge on any atom is -0.480 e. The van der Waals surface area contributed by atoms with Gasteiger partial charge in [0.1, 0.15) is 6.04 Å². The Kier molecular flexibility index (Phi) is 1.85. The van der Waals surface area contributed by atoms with E-state index in [0.717, 1.165) is 24.2 Å². The summed E-state index contributed by atoms with van der Waals surface area (Å²) in [6, 6.07) is 1.03. The molecule has 76 valence electrons. The Balaban J connectivity index is 2.29. The normalized spacial score (nSPS) is 20.4. The highest BCUT2D eigenvalue weighted by atomic mass is 16.4. The number of hydrogen-bond acceptors (Lipinski definition) is 3. The van der Waals surface area contributed by atoms with Crippen molar-refractivity contribution in [2.45, 2.75) is 31.2 Å². The molecule has 1 aromatic rings. The molecular weight excluding hydrogens is 182 g/mol. The van der Waals surface area contributed by atoms with Gasteiger partial charge >= 0.3 is 5.97 Å². The molecule has 1 saturated carbocycles. The van der Waals surface area contributed by atoms with Crippen LogP contribution in [-0.2, 0) is 10.2 Å². The molecule has 14 heavy (non-hydrogen) atoms. The van der Waals surface area contributed by atoms with E-state index in [0.29, 0.717) is 0 Å². The third kappa shape index (κ3) is 1.21. The lowest BCUT2D eigenvalue weighted by Gasteiger charge is -2.16. The van der Waals surface area contributed by atoms with Crippen molar-refractivity contribution in [2.75, 3.05) is 0 Å². The van der Waals surface area contributed by atoms with Gasteiger partial charge in [-0.05, 0) is 25.8 Å². The number of carbonyl (C=O) groups is 1. The average molecular weight is 195 g/mol. The van der Waals surface area contributed by atoms with Crippen molar-refractivity contribution < 1.29 is 9.90 Å². The Bertz CT molecular complexity index is 368. The summed E-state index contributed by atoms with van der Waals surface area (Å²) in [6.07, 6.45) is 1.62. The predicted octanol–water partition coefficient (Wildman–Crippen LogP) is 0.162. The third-order valence-corrected chi connectivity index (χ3v) is 2.87. The number of carboxylic acids is 1. The van der Waals surface area contributed by atoms with Crippen LogP contribution in [0.25, 0.3) is 0 Å². The lowest BCUT2D eigenvalue weighted by molar-refractivity contribution is -0.139. The Morgan fingerprint density at radius 1 is 1.79 bits per heavy atom. The van der Waals surface area contributed by atoms with Crippen molar-refractivity contribution >= 4 is 5.97 Å². The van der Waals surface area contributed by atoms with E-state index in [1.54, 1.807) is 0 Å². The lowest BCUT2D eigenvalue weighted by Crippen LogP contribution is -2.42. The summed E-state index contributed by atoms with van der Waals surface area (Å²) in [5.74, 6) is -0.955. The van der Waals surface area contributed by atoms with Crippen LogP contribution in [0.3, 0.4) is 0 Å². The zero-order valence-corrected chi connectivity index (χ0v) is 7.95. The van der Waals surface area contributed by atoms with Crippen molar-refractivity contribution in [2.24, 2.45) is 5.73 Å². The number of rotatable bonds is 3. The van der Waals surface area contributed by atoms with Gasteiger partial charge in [0.15, 0.2) is 0 Å². The average Bonchev–Trinajstić information content (AvgIpc) is 2.83. The van der Waals surface area contributed by atoms with Gasteiger partial charge in [-0.15, -0.1) is 0 Å². The van der Waals surface area contributed by atoms with Crippen LogP contribution in [0.15, 0.2) is 6.07 Å². The first kappa shape index (κ1) is 9.21. The maximum Gasteiger partial charge on any atom is 0.321 e. The second kappa shape index (κ2) is 2.81. The van der Waals surface area contributed by atoms with Gasteiger partial charge < -0.3 is 10.8 Å². The molecule has 1 atom stereocenters. The zero-order chi connectivity index (χ0) is 10.3. The van der Waals surface area contributed by atoms with Crippen molar-refractivity contribution in [3.8, 4) is 0 Å². The Hall–Kier alpha value is -1.36. The number of hydrogen-bond donors (Lipinski definition) is 3. The number of aliphatic carboxylic acids is 1. The summed E-state index contributed by atoms with van der Waals surface area (Å²) in [6.45, 7) is 1.89. The Morgan fingerprint density at radius 3 is 2.79 bits per heavy atom. The molecule has 5 heteroatoms. The summed E-state index contributed by atoms with van der Waals surface area (Å²) in [5, 5.41) is 15.8. The first-order valence-electron chi connectivity index (χ1n) is 4.57.